The van der Waals surface area contributed by atoms with Crippen LogP contribution in [-0.4, -0.2) is 46.1 Å². The average Bonchev–Trinajstić information content (AvgIpc) is 3.40. The number of amides is 3. The lowest BCUT2D eigenvalue weighted by Gasteiger charge is -2.19. The number of carbonyl (C=O) groups is 3. The van der Waals surface area contributed by atoms with Crippen LogP contribution in [0.2, 0.25) is 0 Å². The van der Waals surface area contributed by atoms with Crippen molar-refractivity contribution in [3.05, 3.63) is 72.2 Å². The van der Waals surface area contributed by atoms with Crippen LogP contribution in [0.1, 0.15) is 16.1 Å². The smallest absolute Gasteiger partial charge is 0.340 e. The number of ether oxygens (including phenoxy) is 3. The number of carbonyl (C=O) groups excluding carboxylic acids is 3. The fourth-order valence-corrected chi connectivity index (χ4v) is 4.24. The molecule has 0 aliphatic carbocycles. The maximum atomic E-state index is 12.9. The van der Waals surface area contributed by atoms with E-state index in [0.29, 0.717) is 18.1 Å². The minimum atomic E-state index is -4.11. The molecule has 188 valence electrons. The first-order valence-electron chi connectivity index (χ1n) is 10.6. The summed E-state index contributed by atoms with van der Waals surface area (Å²) < 4.78 is 49.0. The van der Waals surface area contributed by atoms with Gasteiger partial charge in [-0.2, -0.15) is 0 Å². The van der Waals surface area contributed by atoms with Crippen LogP contribution in [0.4, 0.5) is 10.5 Å². The van der Waals surface area contributed by atoms with Crippen LogP contribution < -0.4 is 24.8 Å². The van der Waals surface area contributed by atoms with Gasteiger partial charge in [0.05, 0.1) is 29.0 Å². The molecule has 0 radical (unpaired) electrons. The molecule has 3 N–H and O–H groups in total. The summed E-state index contributed by atoms with van der Waals surface area (Å²) >= 11 is 0. The van der Waals surface area contributed by atoms with Gasteiger partial charge in [-0.05, 0) is 36.4 Å². The van der Waals surface area contributed by atoms with Gasteiger partial charge in [0.15, 0.2) is 18.1 Å². The van der Waals surface area contributed by atoms with Crippen LogP contribution in [0.25, 0.3) is 0 Å². The van der Waals surface area contributed by atoms with Crippen molar-refractivity contribution in [1.82, 2.24) is 10.6 Å². The highest BCUT2D eigenvalue weighted by atomic mass is 32.2. The van der Waals surface area contributed by atoms with E-state index in [9.17, 15) is 22.8 Å². The van der Waals surface area contributed by atoms with Gasteiger partial charge >= 0.3 is 12.0 Å². The standard InChI is InChI=1S/C23H21N3O9S/c27-21(25-23(29)24-13-15-4-3-9-32-15)14-35-22(28)17-5-1-2-6-18(17)26-36(30,31)16-7-8-19-20(12-16)34-11-10-33-19/h1-9,12,26H,10-11,13-14H2,(H2,24,25,27,29). The summed E-state index contributed by atoms with van der Waals surface area (Å²) in [6, 6.07) is 12.3. The number of furan rings is 1. The van der Waals surface area contributed by atoms with Gasteiger partial charge in [-0.1, -0.05) is 12.1 Å². The lowest BCUT2D eigenvalue weighted by Crippen LogP contribution is -2.41. The number of benzene rings is 2. The lowest BCUT2D eigenvalue weighted by atomic mass is 10.2. The van der Waals surface area contributed by atoms with Crippen molar-refractivity contribution in [3.8, 4) is 11.5 Å². The highest BCUT2D eigenvalue weighted by Crippen LogP contribution is 2.33. The first-order chi connectivity index (χ1) is 17.3. The van der Waals surface area contributed by atoms with E-state index in [-0.39, 0.29) is 35.0 Å². The van der Waals surface area contributed by atoms with Crippen molar-refractivity contribution in [2.45, 2.75) is 11.4 Å². The summed E-state index contributed by atoms with van der Waals surface area (Å²) in [7, 11) is -4.11. The molecule has 0 saturated carbocycles. The number of esters is 1. The highest BCUT2D eigenvalue weighted by Gasteiger charge is 2.23. The van der Waals surface area contributed by atoms with Crippen LogP contribution in [-0.2, 0) is 26.1 Å². The summed E-state index contributed by atoms with van der Waals surface area (Å²) in [5.74, 6) is -0.649. The first kappa shape index (κ1) is 24.6. The van der Waals surface area contributed by atoms with E-state index in [0.717, 1.165) is 0 Å². The molecular formula is C23H21N3O9S. The number of rotatable bonds is 8. The molecule has 2 aromatic carbocycles. The third kappa shape index (κ3) is 6.13. The van der Waals surface area contributed by atoms with Gasteiger partial charge in [-0.3, -0.25) is 14.8 Å². The Kier molecular flexibility index (Phi) is 7.39. The molecule has 1 aromatic heterocycles. The van der Waals surface area contributed by atoms with E-state index in [1.54, 1.807) is 12.1 Å². The van der Waals surface area contributed by atoms with Crippen LogP contribution in [0.3, 0.4) is 0 Å². The number of fused-ring (bicyclic) bond motifs is 1. The van der Waals surface area contributed by atoms with Gasteiger partial charge in [0.25, 0.3) is 15.9 Å². The van der Waals surface area contributed by atoms with E-state index < -0.39 is 34.5 Å². The van der Waals surface area contributed by atoms with Crippen molar-refractivity contribution in [2.24, 2.45) is 0 Å². The number of imide groups is 1. The molecule has 2 heterocycles. The molecule has 0 spiro atoms. The second kappa shape index (κ2) is 10.8. The zero-order valence-electron chi connectivity index (χ0n) is 18.7. The number of hydrogen-bond acceptors (Lipinski definition) is 9. The van der Waals surface area contributed by atoms with E-state index >= 15 is 0 Å². The highest BCUT2D eigenvalue weighted by molar-refractivity contribution is 7.92. The van der Waals surface area contributed by atoms with Crippen LogP contribution in [0.15, 0.2) is 70.2 Å². The Morgan fingerprint density at radius 2 is 1.72 bits per heavy atom. The van der Waals surface area contributed by atoms with Gasteiger partial charge in [0.1, 0.15) is 19.0 Å². The second-order valence-corrected chi connectivity index (χ2v) is 9.03. The largest absolute Gasteiger partial charge is 0.486 e. The van der Waals surface area contributed by atoms with E-state index in [1.165, 1.54) is 48.7 Å². The molecule has 12 nitrogen and oxygen atoms in total. The number of anilines is 1. The quantitative estimate of drug-likeness (QED) is 0.381. The molecule has 0 bridgehead atoms. The normalized spacial score (nSPS) is 12.3. The van der Waals surface area contributed by atoms with Crippen molar-refractivity contribution >= 4 is 33.6 Å². The fraction of sp³-hybridized carbons (Fsp3) is 0.174. The van der Waals surface area contributed by atoms with Crippen molar-refractivity contribution in [3.63, 3.8) is 0 Å². The monoisotopic (exact) mass is 515 g/mol. The molecule has 0 saturated heterocycles. The zero-order chi connectivity index (χ0) is 25.5. The Morgan fingerprint density at radius 1 is 0.944 bits per heavy atom. The molecule has 13 heteroatoms. The van der Waals surface area contributed by atoms with Crippen molar-refractivity contribution in [1.29, 1.82) is 0 Å². The second-order valence-electron chi connectivity index (χ2n) is 7.34. The number of nitrogens with one attached hydrogen (secondary N) is 3. The topological polar surface area (TPSA) is 162 Å². The summed E-state index contributed by atoms with van der Waals surface area (Å²) in [6.45, 7) is -0.0582. The first-order valence-corrected chi connectivity index (χ1v) is 12.1. The van der Waals surface area contributed by atoms with E-state index in [2.05, 4.69) is 10.0 Å². The predicted molar refractivity (Wildman–Crippen MR) is 124 cm³/mol. The minimum Gasteiger partial charge on any atom is -0.486 e. The molecule has 0 atom stereocenters. The molecule has 4 rings (SSSR count). The fourth-order valence-electron chi connectivity index (χ4n) is 3.14. The van der Waals surface area contributed by atoms with Crippen LogP contribution >= 0.6 is 0 Å². The number of hydrogen-bond donors (Lipinski definition) is 3. The van der Waals surface area contributed by atoms with Crippen LogP contribution in [0.5, 0.6) is 11.5 Å². The molecule has 3 aromatic rings. The van der Waals surface area contributed by atoms with Crippen molar-refractivity contribution in [2.75, 3.05) is 24.5 Å². The summed E-state index contributed by atoms with van der Waals surface area (Å²) in [5.41, 5.74) is -0.192. The lowest BCUT2D eigenvalue weighted by molar-refractivity contribution is -0.123. The third-order valence-corrected chi connectivity index (χ3v) is 6.17. The summed E-state index contributed by atoms with van der Waals surface area (Å²) in [5, 5.41) is 4.41. The molecule has 36 heavy (non-hydrogen) atoms. The van der Waals surface area contributed by atoms with Crippen LogP contribution in [0, 0.1) is 0 Å². The maximum Gasteiger partial charge on any atom is 0.340 e. The van der Waals surface area contributed by atoms with Gasteiger partial charge in [0, 0.05) is 6.07 Å². The Balaban J connectivity index is 1.36. The molecule has 0 unspecified atom stereocenters. The van der Waals surface area contributed by atoms with E-state index in [1.807, 2.05) is 5.32 Å². The number of para-hydroxylation sites is 1. The SMILES string of the molecule is O=C(COC(=O)c1ccccc1NS(=O)(=O)c1ccc2c(c1)OCCO2)NC(=O)NCc1ccco1. The Hall–Kier alpha value is -4.52. The summed E-state index contributed by atoms with van der Waals surface area (Å²) in [4.78, 5) is 36.2. The van der Waals surface area contributed by atoms with Gasteiger partial charge in [-0.15, -0.1) is 0 Å². The molecule has 1 aliphatic heterocycles. The zero-order valence-corrected chi connectivity index (χ0v) is 19.5. The predicted octanol–water partition coefficient (Wildman–Crippen LogP) is 2.03. The average molecular weight is 516 g/mol. The third-order valence-electron chi connectivity index (χ3n) is 4.81. The van der Waals surface area contributed by atoms with E-state index in [4.69, 9.17) is 18.6 Å². The maximum absolute atomic E-state index is 12.9. The van der Waals surface area contributed by atoms with Gasteiger partial charge < -0.3 is 23.9 Å². The Bertz CT molecular complexity index is 1370. The molecule has 0 fully saturated rings. The van der Waals surface area contributed by atoms with Gasteiger partial charge in [0.2, 0.25) is 0 Å². The molecular weight excluding hydrogens is 494 g/mol. The van der Waals surface area contributed by atoms with Crippen molar-refractivity contribution < 1.29 is 41.4 Å². The Labute approximate surface area is 205 Å². The summed E-state index contributed by atoms with van der Waals surface area (Å²) in [6.07, 6.45) is 1.44. The number of sulfonamides is 1. The number of urea groups is 1. The minimum absolute atomic E-state index is 0.0583. The Morgan fingerprint density at radius 3 is 2.50 bits per heavy atom. The molecule has 1 aliphatic rings. The van der Waals surface area contributed by atoms with Gasteiger partial charge in [-0.25, -0.2) is 18.0 Å². The molecule has 3 amide bonds.